The molecular formula is C11H14N6. The third kappa shape index (κ3) is 2.28. The summed E-state index contributed by atoms with van der Waals surface area (Å²) in [5.41, 5.74) is 1.35. The molecule has 17 heavy (non-hydrogen) atoms. The van der Waals surface area contributed by atoms with Crippen LogP contribution in [-0.2, 0) is 13.5 Å². The first-order valence-electron chi connectivity index (χ1n) is 5.38. The lowest BCUT2D eigenvalue weighted by Gasteiger charge is -2.05. The van der Waals surface area contributed by atoms with Crippen LogP contribution >= 0.6 is 0 Å². The molecule has 2 rings (SSSR count). The van der Waals surface area contributed by atoms with Crippen LogP contribution in [0, 0.1) is 18.3 Å². The maximum Gasteiger partial charge on any atom is 0.142 e. The number of aromatic nitrogens is 4. The zero-order chi connectivity index (χ0) is 12.3. The first kappa shape index (κ1) is 11.2. The van der Waals surface area contributed by atoms with Crippen LogP contribution < -0.4 is 5.32 Å². The number of aromatic amines is 1. The number of H-pyrrole nitrogens is 1. The predicted molar refractivity (Wildman–Crippen MR) is 63.4 cm³/mol. The van der Waals surface area contributed by atoms with Gasteiger partial charge in [0, 0.05) is 32.4 Å². The molecular weight excluding hydrogens is 216 g/mol. The molecule has 6 heteroatoms. The lowest BCUT2D eigenvalue weighted by molar-refractivity contribution is 0.755. The molecule has 0 aliphatic rings. The number of aryl methyl sites for hydroxylation is 2. The summed E-state index contributed by atoms with van der Waals surface area (Å²) in [5.74, 6) is 1.69. The van der Waals surface area contributed by atoms with Gasteiger partial charge in [-0.05, 0) is 6.92 Å². The van der Waals surface area contributed by atoms with Gasteiger partial charge < -0.3 is 10.3 Å². The number of nitriles is 1. The first-order valence-corrected chi connectivity index (χ1v) is 5.38. The van der Waals surface area contributed by atoms with Crippen molar-refractivity contribution in [1.29, 1.82) is 5.26 Å². The molecule has 2 N–H and O–H groups in total. The van der Waals surface area contributed by atoms with Gasteiger partial charge in [-0.3, -0.25) is 4.68 Å². The Labute approximate surface area is 99.3 Å². The summed E-state index contributed by atoms with van der Waals surface area (Å²) in [6.45, 7) is 2.54. The van der Waals surface area contributed by atoms with Gasteiger partial charge in [-0.25, -0.2) is 4.98 Å². The molecule has 0 atom stereocenters. The second kappa shape index (κ2) is 4.70. The van der Waals surface area contributed by atoms with Crippen molar-refractivity contribution in [3.8, 4) is 6.07 Å². The van der Waals surface area contributed by atoms with E-state index in [1.165, 1.54) is 0 Å². The van der Waals surface area contributed by atoms with Crippen LogP contribution in [0.1, 0.15) is 17.1 Å². The summed E-state index contributed by atoms with van der Waals surface area (Å²) >= 11 is 0. The van der Waals surface area contributed by atoms with E-state index in [1.807, 2.05) is 14.0 Å². The van der Waals surface area contributed by atoms with E-state index in [-0.39, 0.29) is 0 Å². The predicted octanol–water partition coefficient (Wildman–Crippen LogP) is 0.978. The zero-order valence-electron chi connectivity index (χ0n) is 9.86. The standard InChI is InChI=1S/C11H14N6/c1-8-9(7-12)11(17(2)16-8)15-4-3-10-13-5-6-14-10/h5-6,15H,3-4H2,1-2H3,(H,13,14). The summed E-state index contributed by atoms with van der Waals surface area (Å²) < 4.78 is 1.69. The van der Waals surface area contributed by atoms with Gasteiger partial charge in [0.25, 0.3) is 0 Å². The van der Waals surface area contributed by atoms with Gasteiger partial charge >= 0.3 is 0 Å². The van der Waals surface area contributed by atoms with E-state index in [0.29, 0.717) is 12.1 Å². The van der Waals surface area contributed by atoms with E-state index in [1.54, 1.807) is 17.1 Å². The minimum Gasteiger partial charge on any atom is -0.369 e. The third-order valence-electron chi connectivity index (χ3n) is 2.54. The second-order valence-electron chi connectivity index (χ2n) is 3.76. The van der Waals surface area contributed by atoms with Gasteiger partial charge in [0.05, 0.1) is 5.69 Å². The Morgan fingerprint density at radius 2 is 2.41 bits per heavy atom. The minimum atomic E-state index is 0.604. The quantitative estimate of drug-likeness (QED) is 0.820. The van der Waals surface area contributed by atoms with Crippen molar-refractivity contribution in [2.45, 2.75) is 13.3 Å². The topological polar surface area (TPSA) is 82.3 Å². The van der Waals surface area contributed by atoms with E-state index in [9.17, 15) is 0 Å². The normalized spacial score (nSPS) is 10.2. The van der Waals surface area contributed by atoms with Crippen molar-refractivity contribution in [1.82, 2.24) is 19.7 Å². The molecule has 0 aliphatic heterocycles. The molecule has 0 aromatic carbocycles. The summed E-state index contributed by atoms with van der Waals surface area (Å²) in [5, 5.41) is 16.4. The van der Waals surface area contributed by atoms with Crippen LogP contribution in [0.4, 0.5) is 5.82 Å². The Bertz CT molecular complexity index is 531. The highest BCUT2D eigenvalue weighted by molar-refractivity contribution is 5.54. The molecule has 0 spiro atoms. The van der Waals surface area contributed by atoms with Crippen molar-refractivity contribution >= 4 is 5.82 Å². The molecule has 0 bridgehead atoms. The molecule has 0 unspecified atom stereocenters. The molecule has 0 saturated heterocycles. The molecule has 2 aromatic rings. The van der Waals surface area contributed by atoms with E-state index in [2.05, 4.69) is 26.5 Å². The largest absolute Gasteiger partial charge is 0.369 e. The van der Waals surface area contributed by atoms with E-state index in [4.69, 9.17) is 5.26 Å². The van der Waals surface area contributed by atoms with Gasteiger partial charge in [0.2, 0.25) is 0 Å². The van der Waals surface area contributed by atoms with Crippen molar-refractivity contribution in [3.63, 3.8) is 0 Å². The van der Waals surface area contributed by atoms with Crippen molar-refractivity contribution in [3.05, 3.63) is 29.5 Å². The van der Waals surface area contributed by atoms with E-state index >= 15 is 0 Å². The third-order valence-corrected chi connectivity index (χ3v) is 2.54. The van der Waals surface area contributed by atoms with Crippen LogP contribution in [0.15, 0.2) is 12.4 Å². The van der Waals surface area contributed by atoms with Gasteiger partial charge in [-0.2, -0.15) is 10.4 Å². The molecule has 88 valence electrons. The maximum absolute atomic E-state index is 9.03. The van der Waals surface area contributed by atoms with Crippen molar-refractivity contribution in [2.24, 2.45) is 7.05 Å². The highest BCUT2D eigenvalue weighted by Crippen LogP contribution is 2.16. The average molecular weight is 230 g/mol. The van der Waals surface area contributed by atoms with E-state index in [0.717, 1.165) is 23.8 Å². The van der Waals surface area contributed by atoms with Crippen LogP contribution in [0.5, 0.6) is 0 Å². The molecule has 0 saturated carbocycles. The fourth-order valence-corrected chi connectivity index (χ4v) is 1.73. The monoisotopic (exact) mass is 230 g/mol. The smallest absolute Gasteiger partial charge is 0.142 e. The second-order valence-corrected chi connectivity index (χ2v) is 3.76. The van der Waals surface area contributed by atoms with Crippen LogP contribution in [0.3, 0.4) is 0 Å². The number of hydrogen-bond acceptors (Lipinski definition) is 4. The number of nitrogens with zero attached hydrogens (tertiary/aromatic N) is 4. The molecule has 2 aromatic heterocycles. The van der Waals surface area contributed by atoms with Gasteiger partial charge in [0.15, 0.2) is 0 Å². The number of imidazole rings is 1. The number of nitrogens with one attached hydrogen (secondary N) is 2. The maximum atomic E-state index is 9.03. The van der Waals surface area contributed by atoms with Crippen molar-refractivity contribution in [2.75, 3.05) is 11.9 Å². The molecule has 0 fully saturated rings. The van der Waals surface area contributed by atoms with Crippen molar-refractivity contribution < 1.29 is 0 Å². The molecule has 0 aliphatic carbocycles. The summed E-state index contributed by atoms with van der Waals surface area (Å²) in [6.07, 6.45) is 4.30. The van der Waals surface area contributed by atoms with Crippen LogP contribution in [0.2, 0.25) is 0 Å². The fourth-order valence-electron chi connectivity index (χ4n) is 1.73. The van der Waals surface area contributed by atoms with Gasteiger partial charge in [0.1, 0.15) is 23.3 Å². The number of rotatable bonds is 4. The molecule has 2 heterocycles. The minimum absolute atomic E-state index is 0.604. The SMILES string of the molecule is Cc1nn(C)c(NCCc2ncc[nH]2)c1C#N. The fraction of sp³-hybridized carbons (Fsp3) is 0.364. The Morgan fingerprint density at radius 1 is 1.59 bits per heavy atom. The lowest BCUT2D eigenvalue weighted by Crippen LogP contribution is -2.10. The highest BCUT2D eigenvalue weighted by atomic mass is 15.3. The first-order chi connectivity index (χ1) is 8.22. The van der Waals surface area contributed by atoms with Gasteiger partial charge in [-0.15, -0.1) is 0 Å². The Balaban J connectivity index is 2.02. The molecule has 0 amide bonds. The zero-order valence-corrected chi connectivity index (χ0v) is 9.86. The molecule has 6 nitrogen and oxygen atoms in total. The van der Waals surface area contributed by atoms with Crippen LogP contribution in [0.25, 0.3) is 0 Å². The number of anilines is 1. The Kier molecular flexibility index (Phi) is 3.10. The summed E-state index contributed by atoms with van der Waals surface area (Å²) in [7, 11) is 1.82. The Hall–Kier alpha value is -2.29. The lowest BCUT2D eigenvalue weighted by atomic mass is 10.2. The van der Waals surface area contributed by atoms with Gasteiger partial charge in [-0.1, -0.05) is 0 Å². The highest BCUT2D eigenvalue weighted by Gasteiger charge is 2.11. The molecule has 0 radical (unpaired) electrons. The van der Waals surface area contributed by atoms with Crippen LogP contribution in [-0.4, -0.2) is 26.3 Å². The average Bonchev–Trinajstić information content (AvgIpc) is 2.88. The Morgan fingerprint density at radius 3 is 3.06 bits per heavy atom. The summed E-state index contributed by atoms with van der Waals surface area (Å²) in [4.78, 5) is 7.17. The van der Waals surface area contributed by atoms with E-state index < -0.39 is 0 Å². The summed E-state index contributed by atoms with van der Waals surface area (Å²) in [6, 6.07) is 2.16. The number of hydrogen-bond donors (Lipinski definition) is 2.